The summed E-state index contributed by atoms with van der Waals surface area (Å²) in [5, 5.41) is 7.72. The second-order valence-corrected chi connectivity index (χ2v) is 9.96. The number of hydrogen-bond acceptors (Lipinski definition) is 5. The number of thioether (sulfide) groups is 1. The maximum Gasteiger partial charge on any atom is 0.347 e. The Kier molecular flexibility index (Phi) is 6.62. The summed E-state index contributed by atoms with van der Waals surface area (Å²) < 4.78 is 1.73. The first-order valence-electron chi connectivity index (χ1n) is 11.8. The summed E-state index contributed by atoms with van der Waals surface area (Å²) >= 11 is 1.26. The fourth-order valence-corrected chi connectivity index (χ4v) is 5.20. The van der Waals surface area contributed by atoms with Gasteiger partial charge in [0.1, 0.15) is 6.33 Å². The number of aliphatic imine (C=N–C) groups is 1. The van der Waals surface area contributed by atoms with Gasteiger partial charge in [-0.05, 0) is 75.2 Å². The second-order valence-electron chi connectivity index (χ2n) is 9.02. The summed E-state index contributed by atoms with van der Waals surface area (Å²) in [5.41, 5.74) is 7.36. The highest BCUT2D eigenvalue weighted by molar-refractivity contribution is 8.15. The van der Waals surface area contributed by atoms with Gasteiger partial charge in [-0.2, -0.15) is 4.99 Å². The smallest absolute Gasteiger partial charge is 0.306 e. The first-order valence-corrected chi connectivity index (χ1v) is 12.8. The van der Waals surface area contributed by atoms with Crippen molar-refractivity contribution in [3.05, 3.63) is 89.2 Å². The molecule has 5 rings (SSSR count). The fourth-order valence-electron chi connectivity index (χ4n) is 4.35. The Balaban J connectivity index is 1.30. The van der Waals surface area contributed by atoms with Crippen LogP contribution in [0.25, 0.3) is 17.1 Å². The molecule has 186 valence electrons. The monoisotopic (exact) mass is 510 g/mol. The molecular formula is C28H26N6O2S. The van der Waals surface area contributed by atoms with Gasteiger partial charge in [0.25, 0.3) is 0 Å². The molecule has 0 unspecified atom stereocenters. The number of hydrogen-bond donors (Lipinski definition) is 1. The van der Waals surface area contributed by atoms with E-state index in [0.29, 0.717) is 16.7 Å². The van der Waals surface area contributed by atoms with Crippen molar-refractivity contribution in [1.29, 1.82) is 0 Å². The number of urea groups is 1. The molecule has 2 heterocycles. The van der Waals surface area contributed by atoms with Crippen molar-refractivity contribution >= 4 is 40.2 Å². The Labute approximate surface area is 219 Å². The van der Waals surface area contributed by atoms with E-state index in [9.17, 15) is 9.59 Å². The average Bonchev–Trinajstić information content (AvgIpc) is 3.48. The fraction of sp³-hybridized carbons (Fsp3) is 0.179. The van der Waals surface area contributed by atoms with E-state index in [4.69, 9.17) is 0 Å². The van der Waals surface area contributed by atoms with Crippen LogP contribution in [0.4, 0.5) is 16.2 Å². The molecule has 0 radical (unpaired) electrons. The van der Waals surface area contributed by atoms with Crippen LogP contribution in [0.2, 0.25) is 0 Å². The number of benzene rings is 3. The summed E-state index contributed by atoms with van der Waals surface area (Å²) in [6, 6.07) is 18.8. The Morgan fingerprint density at radius 3 is 2.30 bits per heavy atom. The normalized spacial score (nSPS) is 14.4. The number of rotatable bonds is 4. The Morgan fingerprint density at radius 1 is 0.946 bits per heavy atom. The molecule has 3 amide bonds. The summed E-state index contributed by atoms with van der Waals surface area (Å²) in [6.07, 6.45) is 1.68. The first kappa shape index (κ1) is 24.5. The van der Waals surface area contributed by atoms with Crippen LogP contribution in [-0.2, 0) is 4.79 Å². The molecule has 1 fully saturated rings. The minimum absolute atomic E-state index is 0.0893. The van der Waals surface area contributed by atoms with Crippen LogP contribution in [0, 0.1) is 27.7 Å². The summed E-state index contributed by atoms with van der Waals surface area (Å²) in [4.78, 5) is 35.6. The maximum atomic E-state index is 12.7. The molecule has 37 heavy (non-hydrogen) atoms. The molecule has 3 aromatic carbocycles. The lowest BCUT2D eigenvalue weighted by atomic mass is 10.0. The zero-order valence-corrected chi connectivity index (χ0v) is 21.8. The number of amides is 3. The molecular weight excluding hydrogens is 484 g/mol. The van der Waals surface area contributed by atoms with E-state index in [0.717, 1.165) is 33.6 Å². The van der Waals surface area contributed by atoms with Gasteiger partial charge in [0, 0.05) is 11.3 Å². The third-order valence-electron chi connectivity index (χ3n) is 6.01. The van der Waals surface area contributed by atoms with Gasteiger partial charge < -0.3 is 5.32 Å². The molecule has 1 aromatic heterocycles. The molecule has 0 atom stereocenters. The van der Waals surface area contributed by atoms with Gasteiger partial charge in [-0.25, -0.2) is 14.5 Å². The van der Waals surface area contributed by atoms with Crippen LogP contribution in [0.15, 0.2) is 72.0 Å². The summed E-state index contributed by atoms with van der Waals surface area (Å²) in [6.45, 7) is 7.98. The van der Waals surface area contributed by atoms with Crippen LogP contribution in [0.5, 0.6) is 0 Å². The number of aromatic nitrogens is 3. The van der Waals surface area contributed by atoms with E-state index in [-0.39, 0.29) is 11.7 Å². The standard InChI is InChI=1S/C28H26N6O2S/c1-17-5-11-23(12-6-17)33-16-29-26(32-33)21-7-9-22(10-8-21)30-27(36)31-28-34(24(35)15-37-28)25-19(3)13-18(2)14-20(25)4/h5-14,16H,15H2,1-4H3,(H,30,36)/b31-28-. The molecule has 9 heteroatoms. The van der Waals surface area contributed by atoms with Crippen LogP contribution in [0.3, 0.4) is 0 Å². The molecule has 1 saturated heterocycles. The lowest BCUT2D eigenvalue weighted by molar-refractivity contribution is -0.115. The molecule has 0 aliphatic carbocycles. The van der Waals surface area contributed by atoms with Crippen molar-refractivity contribution in [2.45, 2.75) is 27.7 Å². The Bertz CT molecular complexity index is 1500. The summed E-state index contributed by atoms with van der Waals surface area (Å²) in [7, 11) is 0. The topological polar surface area (TPSA) is 92.5 Å². The predicted octanol–water partition coefficient (Wildman–Crippen LogP) is 5.84. The molecule has 0 bridgehead atoms. The highest BCUT2D eigenvalue weighted by Gasteiger charge is 2.32. The summed E-state index contributed by atoms with van der Waals surface area (Å²) in [5.74, 6) is 0.739. The number of amidine groups is 1. The SMILES string of the molecule is Cc1ccc(-n2cnc(-c3ccc(NC(=O)/N=C4\SCC(=O)N4c4c(C)cc(C)cc4C)cc3)n2)cc1. The minimum Gasteiger partial charge on any atom is -0.306 e. The number of anilines is 2. The molecule has 8 nitrogen and oxygen atoms in total. The minimum atomic E-state index is -0.542. The predicted molar refractivity (Wildman–Crippen MR) is 149 cm³/mol. The highest BCUT2D eigenvalue weighted by atomic mass is 32.2. The highest BCUT2D eigenvalue weighted by Crippen LogP contribution is 2.33. The quantitative estimate of drug-likeness (QED) is 0.373. The van der Waals surface area contributed by atoms with Gasteiger partial charge >= 0.3 is 6.03 Å². The molecule has 4 aromatic rings. The van der Waals surface area contributed by atoms with Gasteiger partial charge in [-0.15, -0.1) is 5.10 Å². The van der Waals surface area contributed by atoms with Crippen molar-refractivity contribution in [3.63, 3.8) is 0 Å². The lowest BCUT2D eigenvalue weighted by Gasteiger charge is -2.21. The van der Waals surface area contributed by atoms with Gasteiger partial charge in [-0.1, -0.05) is 47.2 Å². The van der Waals surface area contributed by atoms with Gasteiger partial charge in [-0.3, -0.25) is 9.69 Å². The van der Waals surface area contributed by atoms with Crippen LogP contribution < -0.4 is 10.2 Å². The van der Waals surface area contributed by atoms with Crippen molar-refractivity contribution in [2.24, 2.45) is 4.99 Å². The van der Waals surface area contributed by atoms with Crippen molar-refractivity contribution in [1.82, 2.24) is 14.8 Å². The number of nitrogens with one attached hydrogen (secondary N) is 1. The lowest BCUT2D eigenvalue weighted by Crippen LogP contribution is -2.31. The van der Waals surface area contributed by atoms with Crippen molar-refractivity contribution in [2.75, 3.05) is 16.0 Å². The third-order valence-corrected chi connectivity index (χ3v) is 6.93. The average molecular weight is 511 g/mol. The maximum absolute atomic E-state index is 12.7. The number of nitrogens with zero attached hydrogens (tertiary/aromatic N) is 5. The van der Waals surface area contributed by atoms with Crippen molar-refractivity contribution in [3.8, 4) is 17.1 Å². The van der Waals surface area contributed by atoms with Crippen LogP contribution in [-0.4, -0.2) is 37.6 Å². The van der Waals surface area contributed by atoms with E-state index in [1.807, 2.05) is 76.2 Å². The largest absolute Gasteiger partial charge is 0.347 e. The first-order chi connectivity index (χ1) is 17.8. The van der Waals surface area contributed by atoms with Gasteiger partial charge in [0.15, 0.2) is 11.0 Å². The van der Waals surface area contributed by atoms with E-state index >= 15 is 0 Å². The molecule has 0 saturated carbocycles. The number of carbonyl (C=O) groups is 2. The Morgan fingerprint density at radius 2 is 1.62 bits per heavy atom. The van der Waals surface area contributed by atoms with Crippen LogP contribution >= 0.6 is 11.8 Å². The third kappa shape index (κ3) is 5.17. The van der Waals surface area contributed by atoms with E-state index < -0.39 is 6.03 Å². The number of carbonyl (C=O) groups excluding carboxylic acids is 2. The van der Waals surface area contributed by atoms with E-state index in [1.165, 1.54) is 17.3 Å². The zero-order valence-electron chi connectivity index (χ0n) is 21.0. The van der Waals surface area contributed by atoms with Gasteiger partial charge in [0.05, 0.1) is 17.1 Å². The van der Waals surface area contributed by atoms with Gasteiger partial charge in [0.2, 0.25) is 5.91 Å². The van der Waals surface area contributed by atoms with Crippen LogP contribution in [0.1, 0.15) is 22.3 Å². The zero-order chi connectivity index (χ0) is 26.1. The molecule has 1 aliphatic heterocycles. The van der Waals surface area contributed by atoms with E-state index in [2.05, 4.69) is 20.4 Å². The molecule has 1 aliphatic rings. The Hall–Kier alpha value is -4.24. The number of aryl methyl sites for hydroxylation is 4. The molecule has 1 N–H and O–H groups in total. The second kappa shape index (κ2) is 10.0. The van der Waals surface area contributed by atoms with Crippen molar-refractivity contribution < 1.29 is 9.59 Å². The molecule has 0 spiro atoms. The van der Waals surface area contributed by atoms with E-state index in [1.54, 1.807) is 28.0 Å².